The van der Waals surface area contributed by atoms with E-state index in [1.165, 1.54) is 44.9 Å². The number of rotatable bonds is 20. The molecule has 1 spiro atoms. The molecule has 5 fully saturated rings. The van der Waals surface area contributed by atoms with E-state index < -0.39 is 0 Å². The molecule has 0 N–H and O–H groups in total. The van der Waals surface area contributed by atoms with Crippen LogP contribution in [0.1, 0.15) is 202 Å². The van der Waals surface area contributed by atoms with Gasteiger partial charge in [-0.3, -0.25) is 0 Å². The number of fused-ring (bicyclic) bond motifs is 1. The summed E-state index contributed by atoms with van der Waals surface area (Å²) in [5, 5.41) is 0. The average Bonchev–Trinajstić information content (AvgIpc) is 4.01. The first kappa shape index (κ1) is 41.2. The smallest absolute Gasteiger partial charge is 0.0170 e. The quantitative estimate of drug-likeness (QED) is 0.119. The lowest BCUT2D eigenvalue weighted by atomic mass is 9.51. The normalized spacial score (nSPS) is 44.3. The second-order valence-electron chi connectivity index (χ2n) is 23.2. The summed E-state index contributed by atoms with van der Waals surface area (Å²) >= 11 is 0. The molecule has 0 bridgehead atoms. The van der Waals surface area contributed by atoms with E-state index in [9.17, 15) is 0 Å². The average molecular weight is 693 g/mol. The Bertz CT molecular complexity index is 1180. The van der Waals surface area contributed by atoms with Gasteiger partial charge in [0.1, 0.15) is 0 Å². The number of hydrogen-bond donors (Lipinski definition) is 0. The molecule has 5 aliphatic rings. The fraction of sp³-hybridized carbons (Fsp3) is 1.00. The van der Waals surface area contributed by atoms with Crippen molar-refractivity contribution in [1.29, 1.82) is 0 Å². The third kappa shape index (κ3) is 5.73. The molecule has 17 unspecified atom stereocenters. The molecule has 0 aromatic rings. The van der Waals surface area contributed by atoms with Crippen LogP contribution >= 0.6 is 0 Å². The predicted molar refractivity (Wildman–Crippen MR) is 221 cm³/mol. The van der Waals surface area contributed by atoms with Gasteiger partial charge in [0.05, 0.1) is 0 Å². The van der Waals surface area contributed by atoms with Crippen LogP contribution in [0.5, 0.6) is 0 Å². The lowest BCUT2D eigenvalue weighted by molar-refractivity contribution is -0.0505. The first-order chi connectivity index (χ1) is 23.0. The van der Waals surface area contributed by atoms with Crippen molar-refractivity contribution in [1.82, 2.24) is 0 Å². The Labute approximate surface area is 316 Å². The van der Waals surface area contributed by atoms with E-state index in [1.807, 2.05) is 0 Å². The Kier molecular flexibility index (Phi) is 11.0. The highest BCUT2D eigenvalue weighted by Gasteiger charge is 2.95. The molecule has 0 aromatic carbocycles. The Balaban J connectivity index is 1.18. The summed E-state index contributed by atoms with van der Waals surface area (Å²) in [7, 11) is 0. The van der Waals surface area contributed by atoms with Gasteiger partial charge in [0.15, 0.2) is 0 Å². The second-order valence-corrected chi connectivity index (χ2v) is 23.2. The SMILES string of the molecule is CCC(C)C(C)C(C)C(C)C(C)C(C)C(C)C(C)C(C)C(C)C(C)C1(C)CC1(C)C1CC12CCC2(C)C12CC1(CCC(C)C(C)(CC)CC)C2. The molecule has 0 aromatic heterocycles. The van der Waals surface area contributed by atoms with Gasteiger partial charge in [-0.05, 0) is 166 Å². The van der Waals surface area contributed by atoms with Gasteiger partial charge in [0.2, 0.25) is 0 Å². The van der Waals surface area contributed by atoms with E-state index in [0.717, 1.165) is 87.8 Å². The summed E-state index contributed by atoms with van der Waals surface area (Å²) in [5.41, 5.74) is 4.48. The molecule has 0 heteroatoms. The third-order valence-corrected chi connectivity index (χ3v) is 22.9. The van der Waals surface area contributed by atoms with E-state index >= 15 is 0 Å². The van der Waals surface area contributed by atoms with Gasteiger partial charge < -0.3 is 0 Å². The highest BCUT2D eigenvalue weighted by Crippen LogP contribution is 3.02. The van der Waals surface area contributed by atoms with Crippen LogP contribution in [0.3, 0.4) is 0 Å². The van der Waals surface area contributed by atoms with Gasteiger partial charge in [0.25, 0.3) is 0 Å². The van der Waals surface area contributed by atoms with E-state index in [1.54, 1.807) is 25.7 Å². The molecule has 0 nitrogen and oxygen atoms in total. The fourth-order valence-corrected chi connectivity index (χ4v) is 15.0. The molecular formula is C50H92. The predicted octanol–water partition coefficient (Wildman–Crippen LogP) is 15.6. The summed E-state index contributed by atoms with van der Waals surface area (Å²) in [6.07, 6.45) is 16.3. The van der Waals surface area contributed by atoms with Gasteiger partial charge in [-0.25, -0.2) is 0 Å². The maximum absolute atomic E-state index is 2.83. The van der Waals surface area contributed by atoms with E-state index in [-0.39, 0.29) is 0 Å². The van der Waals surface area contributed by atoms with Gasteiger partial charge in [-0.2, -0.15) is 0 Å². The van der Waals surface area contributed by atoms with Crippen molar-refractivity contribution in [3.63, 3.8) is 0 Å². The molecule has 50 heavy (non-hydrogen) atoms. The van der Waals surface area contributed by atoms with Crippen LogP contribution in [-0.4, -0.2) is 0 Å². The maximum atomic E-state index is 2.83. The highest BCUT2D eigenvalue weighted by molar-refractivity contribution is 5.43. The van der Waals surface area contributed by atoms with Gasteiger partial charge in [0, 0.05) is 0 Å². The summed E-state index contributed by atoms with van der Waals surface area (Å²) in [5.74, 6) is 10.5. The standard InChI is InChI=1S/C50H92/c1-20-31(4)33(6)34(7)35(8)36(9)37(10)38(11)39(12)40(13)41(14)42(15)45(17)28-46(45,18)43-27-49(43)26-25-47(49,19)50-29-48(50,30-50)24-23-32(5)44(16,21-2)22-3/h31-43H,20-30H2,1-19H3. The molecule has 0 aliphatic heterocycles. The molecule has 0 heterocycles. The Morgan fingerprint density at radius 2 is 1.06 bits per heavy atom. The van der Waals surface area contributed by atoms with Crippen LogP contribution in [0.2, 0.25) is 0 Å². The van der Waals surface area contributed by atoms with Gasteiger partial charge >= 0.3 is 0 Å². The van der Waals surface area contributed by atoms with Crippen molar-refractivity contribution in [3.8, 4) is 0 Å². The molecule has 5 saturated carbocycles. The topological polar surface area (TPSA) is 0 Å². The first-order valence-electron chi connectivity index (χ1n) is 23.0. The fourth-order valence-electron chi connectivity index (χ4n) is 15.0. The van der Waals surface area contributed by atoms with Crippen LogP contribution in [0.15, 0.2) is 0 Å². The summed E-state index contributed by atoms with van der Waals surface area (Å²) in [4.78, 5) is 0. The van der Waals surface area contributed by atoms with Crippen LogP contribution < -0.4 is 0 Å². The minimum Gasteiger partial charge on any atom is -0.0651 e. The maximum Gasteiger partial charge on any atom is -0.0170 e. The lowest BCUT2D eigenvalue weighted by Gasteiger charge is -2.53. The van der Waals surface area contributed by atoms with E-state index in [2.05, 4.69) is 132 Å². The van der Waals surface area contributed by atoms with Crippen molar-refractivity contribution >= 4 is 0 Å². The Hall–Kier alpha value is 0. The summed E-state index contributed by atoms with van der Waals surface area (Å²) in [6, 6.07) is 0. The zero-order valence-corrected chi connectivity index (χ0v) is 37.8. The van der Waals surface area contributed by atoms with Crippen molar-refractivity contribution < 1.29 is 0 Å². The van der Waals surface area contributed by atoms with Crippen LogP contribution in [0, 0.1) is 115 Å². The largest absolute Gasteiger partial charge is 0.0651 e. The monoisotopic (exact) mass is 693 g/mol. The van der Waals surface area contributed by atoms with Crippen LogP contribution in [-0.2, 0) is 0 Å². The molecular weight excluding hydrogens is 601 g/mol. The first-order valence-corrected chi connectivity index (χ1v) is 23.0. The van der Waals surface area contributed by atoms with Crippen molar-refractivity contribution in [2.45, 2.75) is 202 Å². The third-order valence-electron chi connectivity index (χ3n) is 22.9. The summed E-state index contributed by atoms with van der Waals surface area (Å²) in [6.45, 7) is 49.3. The van der Waals surface area contributed by atoms with Crippen molar-refractivity contribution in [2.24, 2.45) is 115 Å². The second kappa shape index (κ2) is 13.3. The van der Waals surface area contributed by atoms with Crippen LogP contribution in [0.25, 0.3) is 0 Å². The molecule has 5 aliphatic carbocycles. The molecule has 292 valence electrons. The molecule has 0 saturated heterocycles. The Morgan fingerprint density at radius 1 is 0.600 bits per heavy atom. The molecule has 5 rings (SSSR count). The highest BCUT2D eigenvalue weighted by atomic mass is 15.0. The molecule has 17 atom stereocenters. The zero-order chi connectivity index (χ0) is 37.8. The van der Waals surface area contributed by atoms with Crippen LogP contribution in [0.4, 0.5) is 0 Å². The lowest BCUT2D eigenvalue weighted by Crippen LogP contribution is -2.46. The number of hydrogen-bond acceptors (Lipinski definition) is 0. The van der Waals surface area contributed by atoms with E-state index in [0.29, 0.717) is 27.1 Å². The van der Waals surface area contributed by atoms with Crippen molar-refractivity contribution in [3.05, 3.63) is 0 Å². The van der Waals surface area contributed by atoms with E-state index in [4.69, 9.17) is 0 Å². The Morgan fingerprint density at radius 3 is 1.48 bits per heavy atom. The zero-order valence-electron chi connectivity index (χ0n) is 37.8. The molecule has 0 amide bonds. The van der Waals surface area contributed by atoms with Crippen molar-refractivity contribution in [2.75, 3.05) is 0 Å². The van der Waals surface area contributed by atoms with Gasteiger partial charge in [-0.15, -0.1) is 0 Å². The minimum atomic E-state index is 0.519. The molecule has 0 radical (unpaired) electrons. The minimum absolute atomic E-state index is 0.519. The summed E-state index contributed by atoms with van der Waals surface area (Å²) < 4.78 is 0. The van der Waals surface area contributed by atoms with Gasteiger partial charge in [-0.1, -0.05) is 151 Å².